The summed E-state index contributed by atoms with van der Waals surface area (Å²) in [6, 6.07) is 18.8. The van der Waals surface area contributed by atoms with Crippen molar-refractivity contribution >= 4 is 17.7 Å². The van der Waals surface area contributed by atoms with Crippen LogP contribution >= 0.6 is 11.8 Å². The van der Waals surface area contributed by atoms with E-state index in [1.807, 2.05) is 28.8 Å². The number of hydrogen-bond donors (Lipinski definition) is 0. The van der Waals surface area contributed by atoms with Crippen LogP contribution in [0.4, 0.5) is 0 Å². The van der Waals surface area contributed by atoms with Crippen LogP contribution in [-0.4, -0.2) is 29.6 Å². The van der Waals surface area contributed by atoms with E-state index in [0.29, 0.717) is 5.25 Å². The molecule has 3 heteroatoms. The quantitative estimate of drug-likeness (QED) is 0.730. The predicted molar refractivity (Wildman–Crippen MR) is 107 cm³/mol. The fraction of sp³-hybridized carbons (Fsp3) is 0.409. The van der Waals surface area contributed by atoms with Gasteiger partial charge in [-0.1, -0.05) is 63.2 Å². The third kappa shape index (κ3) is 4.46. The highest BCUT2D eigenvalue weighted by Gasteiger charge is 2.23. The topological polar surface area (TPSA) is 20.3 Å². The summed E-state index contributed by atoms with van der Waals surface area (Å²) in [6.07, 6.45) is 1.01. The van der Waals surface area contributed by atoms with E-state index in [1.165, 1.54) is 11.1 Å². The van der Waals surface area contributed by atoms with Crippen LogP contribution in [0, 0.1) is 0 Å². The zero-order valence-electron chi connectivity index (χ0n) is 15.4. The molecule has 1 atom stereocenters. The van der Waals surface area contributed by atoms with Crippen molar-refractivity contribution in [1.82, 2.24) is 4.90 Å². The summed E-state index contributed by atoms with van der Waals surface area (Å²) in [5.74, 6) is 1.15. The van der Waals surface area contributed by atoms with E-state index in [1.54, 1.807) is 0 Å². The average molecular weight is 354 g/mol. The van der Waals surface area contributed by atoms with Crippen molar-refractivity contribution in [2.24, 2.45) is 0 Å². The van der Waals surface area contributed by atoms with Crippen molar-refractivity contribution in [2.45, 2.75) is 37.9 Å². The lowest BCUT2D eigenvalue weighted by Crippen LogP contribution is -2.33. The first-order chi connectivity index (χ1) is 11.9. The second-order valence-electron chi connectivity index (χ2n) is 7.68. The van der Waals surface area contributed by atoms with Gasteiger partial charge in [-0.25, -0.2) is 0 Å². The molecule has 1 saturated heterocycles. The predicted octanol–water partition coefficient (Wildman–Crippen LogP) is 5.30. The Kier molecular flexibility index (Phi) is 5.53. The molecule has 1 unspecified atom stereocenters. The Balaban J connectivity index is 1.67. The van der Waals surface area contributed by atoms with Crippen LogP contribution in [-0.2, 0) is 5.41 Å². The smallest absolute Gasteiger partial charge is 0.253 e. The summed E-state index contributed by atoms with van der Waals surface area (Å²) in [6.45, 7) is 8.24. The molecule has 1 heterocycles. The van der Waals surface area contributed by atoms with Crippen LogP contribution in [0.15, 0.2) is 54.6 Å². The summed E-state index contributed by atoms with van der Waals surface area (Å²) in [5.41, 5.74) is 3.55. The molecule has 0 aromatic heterocycles. The van der Waals surface area contributed by atoms with E-state index in [4.69, 9.17) is 0 Å². The van der Waals surface area contributed by atoms with Gasteiger partial charge in [-0.05, 0) is 35.1 Å². The van der Waals surface area contributed by atoms with E-state index in [9.17, 15) is 4.79 Å². The maximum Gasteiger partial charge on any atom is 0.253 e. The van der Waals surface area contributed by atoms with Gasteiger partial charge >= 0.3 is 0 Å². The average Bonchev–Trinajstić information content (AvgIpc) is 2.87. The molecule has 3 rings (SSSR count). The standard InChI is InChI=1S/C22H27NOS/c1-22(2,3)19-11-9-18(10-12-19)21(24)23-14-13-20(25-16-15-23)17-7-5-4-6-8-17/h4-12,20H,13-16H2,1-3H3. The second-order valence-corrected chi connectivity index (χ2v) is 8.99. The van der Waals surface area contributed by atoms with Gasteiger partial charge in [0, 0.05) is 29.7 Å². The number of amides is 1. The molecule has 2 aromatic rings. The molecule has 25 heavy (non-hydrogen) atoms. The monoisotopic (exact) mass is 353 g/mol. The number of thioether (sulfide) groups is 1. The van der Waals surface area contributed by atoms with Crippen molar-refractivity contribution in [2.75, 3.05) is 18.8 Å². The molecule has 0 aliphatic carbocycles. The Morgan fingerprint density at radius 1 is 1.00 bits per heavy atom. The van der Waals surface area contributed by atoms with Crippen molar-refractivity contribution in [3.8, 4) is 0 Å². The van der Waals surface area contributed by atoms with Gasteiger partial charge in [0.2, 0.25) is 0 Å². The highest BCUT2D eigenvalue weighted by atomic mass is 32.2. The van der Waals surface area contributed by atoms with Gasteiger partial charge in [0.1, 0.15) is 0 Å². The molecule has 1 aliphatic heterocycles. The van der Waals surface area contributed by atoms with Crippen molar-refractivity contribution in [3.05, 3.63) is 71.3 Å². The molecule has 0 spiro atoms. The summed E-state index contributed by atoms with van der Waals surface area (Å²) in [5, 5.41) is 0.488. The SMILES string of the molecule is CC(C)(C)c1ccc(C(=O)N2CCSC(c3ccccc3)CC2)cc1. The van der Waals surface area contributed by atoms with Crippen molar-refractivity contribution in [3.63, 3.8) is 0 Å². The van der Waals surface area contributed by atoms with E-state index < -0.39 is 0 Å². The number of hydrogen-bond acceptors (Lipinski definition) is 2. The number of nitrogens with zero attached hydrogens (tertiary/aromatic N) is 1. The molecule has 0 N–H and O–H groups in total. The number of rotatable bonds is 2. The number of carbonyl (C=O) groups is 1. The van der Waals surface area contributed by atoms with Gasteiger partial charge < -0.3 is 4.90 Å². The van der Waals surface area contributed by atoms with E-state index in [-0.39, 0.29) is 11.3 Å². The minimum absolute atomic E-state index is 0.115. The van der Waals surface area contributed by atoms with Crippen molar-refractivity contribution in [1.29, 1.82) is 0 Å². The fourth-order valence-corrected chi connectivity index (χ4v) is 4.43. The van der Waals surface area contributed by atoms with Gasteiger partial charge in [0.05, 0.1) is 0 Å². The zero-order valence-corrected chi connectivity index (χ0v) is 16.2. The third-order valence-corrected chi connectivity index (χ3v) is 6.13. The van der Waals surface area contributed by atoms with Gasteiger partial charge in [-0.15, -0.1) is 0 Å². The Labute approximate surface area is 155 Å². The molecule has 2 nitrogen and oxygen atoms in total. The zero-order chi connectivity index (χ0) is 17.9. The molecule has 1 fully saturated rings. The Morgan fingerprint density at radius 3 is 2.32 bits per heavy atom. The molecule has 1 amide bonds. The number of carbonyl (C=O) groups excluding carboxylic acids is 1. The molecule has 0 bridgehead atoms. The summed E-state index contributed by atoms with van der Waals surface area (Å²) in [4.78, 5) is 14.9. The van der Waals surface area contributed by atoms with Crippen LogP contribution in [0.5, 0.6) is 0 Å². The number of benzene rings is 2. The molecular weight excluding hydrogens is 326 g/mol. The first kappa shape index (κ1) is 18.1. The molecule has 0 saturated carbocycles. The van der Waals surface area contributed by atoms with Gasteiger partial charge in [0.25, 0.3) is 5.91 Å². The van der Waals surface area contributed by atoms with Gasteiger partial charge in [-0.2, -0.15) is 11.8 Å². The van der Waals surface area contributed by atoms with Crippen LogP contribution in [0.2, 0.25) is 0 Å². The van der Waals surface area contributed by atoms with E-state index in [0.717, 1.165) is 30.8 Å². The molecule has 0 radical (unpaired) electrons. The lowest BCUT2D eigenvalue weighted by atomic mass is 9.86. The van der Waals surface area contributed by atoms with Gasteiger partial charge in [0.15, 0.2) is 0 Å². The van der Waals surface area contributed by atoms with Crippen molar-refractivity contribution < 1.29 is 4.79 Å². The Morgan fingerprint density at radius 2 is 1.68 bits per heavy atom. The summed E-state index contributed by atoms with van der Waals surface area (Å²) >= 11 is 1.97. The maximum absolute atomic E-state index is 12.9. The molecule has 1 aliphatic rings. The highest BCUT2D eigenvalue weighted by Crippen LogP contribution is 2.34. The largest absolute Gasteiger partial charge is 0.338 e. The summed E-state index contributed by atoms with van der Waals surface area (Å²) in [7, 11) is 0. The maximum atomic E-state index is 12.9. The van der Waals surface area contributed by atoms with Crippen LogP contribution < -0.4 is 0 Å². The normalized spacial score (nSPS) is 18.7. The lowest BCUT2D eigenvalue weighted by Gasteiger charge is -2.22. The first-order valence-electron chi connectivity index (χ1n) is 9.01. The minimum Gasteiger partial charge on any atom is -0.338 e. The van der Waals surface area contributed by atoms with Crippen LogP contribution in [0.25, 0.3) is 0 Å². The Hall–Kier alpha value is -1.74. The summed E-state index contributed by atoms with van der Waals surface area (Å²) < 4.78 is 0. The molecule has 2 aromatic carbocycles. The second kappa shape index (κ2) is 7.65. The first-order valence-corrected chi connectivity index (χ1v) is 10.1. The Bertz CT molecular complexity index is 703. The fourth-order valence-electron chi connectivity index (χ4n) is 3.20. The van der Waals surface area contributed by atoms with Crippen LogP contribution in [0.3, 0.4) is 0 Å². The third-order valence-electron chi connectivity index (χ3n) is 4.80. The molecular formula is C22H27NOS. The van der Waals surface area contributed by atoms with Gasteiger partial charge in [-0.3, -0.25) is 4.79 Å². The minimum atomic E-state index is 0.115. The lowest BCUT2D eigenvalue weighted by molar-refractivity contribution is 0.0766. The van der Waals surface area contributed by atoms with E-state index >= 15 is 0 Å². The highest BCUT2D eigenvalue weighted by molar-refractivity contribution is 7.99. The van der Waals surface area contributed by atoms with E-state index in [2.05, 4.69) is 63.2 Å². The van der Waals surface area contributed by atoms with Crippen LogP contribution in [0.1, 0.15) is 53.9 Å². The molecule has 132 valence electrons.